The Hall–Kier alpha value is -1.11. The van der Waals surface area contributed by atoms with E-state index in [1.54, 1.807) is 11.8 Å². The van der Waals surface area contributed by atoms with E-state index < -0.39 is 0 Å². The summed E-state index contributed by atoms with van der Waals surface area (Å²) in [6.07, 6.45) is 3.59. The molecule has 1 fully saturated rings. The maximum absolute atomic E-state index is 11.1. The molecular weight excluding hydrogens is 240 g/mol. The zero-order valence-corrected chi connectivity index (χ0v) is 10.7. The Balaban J connectivity index is 1.67. The van der Waals surface area contributed by atoms with Gasteiger partial charge in [0.05, 0.1) is 12.6 Å². The SMILES string of the molecule is CCOC(=O)CCCSc1nnnn1C1CC1. The minimum atomic E-state index is -0.130. The van der Waals surface area contributed by atoms with Crippen molar-refractivity contribution in [2.45, 2.75) is 43.8 Å². The molecule has 0 amide bonds. The van der Waals surface area contributed by atoms with Gasteiger partial charge in [0, 0.05) is 12.2 Å². The van der Waals surface area contributed by atoms with E-state index in [1.807, 2.05) is 11.6 Å². The third kappa shape index (κ3) is 3.69. The average Bonchev–Trinajstić information content (AvgIpc) is 3.05. The van der Waals surface area contributed by atoms with Gasteiger partial charge in [-0.15, -0.1) is 5.10 Å². The van der Waals surface area contributed by atoms with Crippen LogP contribution in [0.1, 0.15) is 38.6 Å². The van der Waals surface area contributed by atoms with Gasteiger partial charge in [0.2, 0.25) is 5.16 Å². The number of thioether (sulfide) groups is 1. The Bertz CT molecular complexity index is 378. The van der Waals surface area contributed by atoms with Crippen molar-refractivity contribution in [1.82, 2.24) is 20.2 Å². The highest BCUT2D eigenvalue weighted by atomic mass is 32.2. The summed E-state index contributed by atoms with van der Waals surface area (Å²) in [6.45, 7) is 2.27. The Kier molecular flexibility index (Phi) is 4.36. The van der Waals surface area contributed by atoms with Crippen LogP contribution in [0.5, 0.6) is 0 Å². The first-order valence-corrected chi connectivity index (χ1v) is 6.86. The van der Waals surface area contributed by atoms with E-state index in [9.17, 15) is 4.79 Å². The Labute approximate surface area is 104 Å². The molecule has 1 aromatic rings. The molecule has 0 bridgehead atoms. The second-order valence-corrected chi connectivity index (χ2v) is 4.96. The van der Waals surface area contributed by atoms with Crippen molar-refractivity contribution in [2.24, 2.45) is 0 Å². The van der Waals surface area contributed by atoms with E-state index in [-0.39, 0.29) is 5.97 Å². The minimum Gasteiger partial charge on any atom is -0.466 e. The molecule has 0 aliphatic heterocycles. The van der Waals surface area contributed by atoms with Gasteiger partial charge in [0.1, 0.15) is 0 Å². The number of carbonyl (C=O) groups excluding carboxylic acids is 1. The molecule has 1 saturated carbocycles. The molecule has 0 N–H and O–H groups in total. The topological polar surface area (TPSA) is 69.9 Å². The van der Waals surface area contributed by atoms with Gasteiger partial charge in [-0.25, -0.2) is 4.68 Å². The van der Waals surface area contributed by atoms with E-state index >= 15 is 0 Å². The maximum atomic E-state index is 11.1. The molecule has 2 rings (SSSR count). The molecule has 17 heavy (non-hydrogen) atoms. The monoisotopic (exact) mass is 256 g/mol. The van der Waals surface area contributed by atoms with E-state index in [4.69, 9.17) is 4.74 Å². The van der Waals surface area contributed by atoms with Gasteiger partial charge >= 0.3 is 5.97 Å². The van der Waals surface area contributed by atoms with Gasteiger partial charge in [-0.2, -0.15) is 0 Å². The van der Waals surface area contributed by atoms with Crippen molar-refractivity contribution >= 4 is 17.7 Å². The molecule has 94 valence electrons. The van der Waals surface area contributed by atoms with Crippen LogP contribution in [0, 0.1) is 0 Å². The van der Waals surface area contributed by atoms with Crippen LogP contribution in [-0.2, 0) is 9.53 Å². The van der Waals surface area contributed by atoms with Crippen molar-refractivity contribution in [2.75, 3.05) is 12.4 Å². The van der Waals surface area contributed by atoms with E-state index in [0.29, 0.717) is 19.1 Å². The predicted octanol–water partition coefficient (Wildman–Crippen LogP) is 1.44. The third-order valence-corrected chi connectivity index (χ3v) is 3.44. The summed E-state index contributed by atoms with van der Waals surface area (Å²) in [5.41, 5.74) is 0. The third-order valence-electron chi connectivity index (χ3n) is 2.42. The molecule has 1 aliphatic rings. The normalized spacial score (nSPS) is 14.9. The highest BCUT2D eigenvalue weighted by Gasteiger charge is 2.27. The lowest BCUT2D eigenvalue weighted by atomic mass is 10.3. The van der Waals surface area contributed by atoms with Crippen LogP contribution < -0.4 is 0 Å². The minimum absolute atomic E-state index is 0.130. The summed E-state index contributed by atoms with van der Waals surface area (Å²) in [7, 11) is 0. The van der Waals surface area contributed by atoms with E-state index in [2.05, 4.69) is 15.5 Å². The van der Waals surface area contributed by atoms with Crippen LogP contribution in [-0.4, -0.2) is 38.5 Å². The second-order valence-electron chi connectivity index (χ2n) is 3.89. The van der Waals surface area contributed by atoms with Crippen molar-refractivity contribution in [3.05, 3.63) is 0 Å². The molecule has 0 radical (unpaired) electrons. The van der Waals surface area contributed by atoms with Crippen LogP contribution >= 0.6 is 11.8 Å². The van der Waals surface area contributed by atoms with E-state index in [0.717, 1.165) is 17.3 Å². The lowest BCUT2D eigenvalue weighted by molar-refractivity contribution is -0.143. The Morgan fingerprint density at radius 2 is 2.41 bits per heavy atom. The van der Waals surface area contributed by atoms with Crippen LogP contribution in [0.2, 0.25) is 0 Å². The number of hydrogen-bond donors (Lipinski definition) is 0. The van der Waals surface area contributed by atoms with Crippen LogP contribution in [0.4, 0.5) is 0 Å². The van der Waals surface area contributed by atoms with E-state index in [1.165, 1.54) is 12.8 Å². The van der Waals surface area contributed by atoms with Crippen LogP contribution in [0.3, 0.4) is 0 Å². The fraction of sp³-hybridized carbons (Fsp3) is 0.800. The molecule has 1 heterocycles. The van der Waals surface area contributed by atoms with Crippen LogP contribution in [0.25, 0.3) is 0 Å². The molecule has 6 nitrogen and oxygen atoms in total. The first-order valence-electron chi connectivity index (χ1n) is 5.87. The molecule has 0 spiro atoms. The Morgan fingerprint density at radius 1 is 1.59 bits per heavy atom. The number of nitrogens with zero attached hydrogens (tertiary/aromatic N) is 4. The molecular formula is C10H16N4O2S. The zero-order valence-electron chi connectivity index (χ0n) is 9.83. The van der Waals surface area contributed by atoms with Crippen molar-refractivity contribution in [1.29, 1.82) is 0 Å². The number of esters is 1. The highest BCUT2D eigenvalue weighted by molar-refractivity contribution is 7.99. The summed E-state index contributed by atoms with van der Waals surface area (Å²) in [5.74, 6) is 0.709. The summed E-state index contributed by atoms with van der Waals surface area (Å²) < 4.78 is 6.74. The maximum Gasteiger partial charge on any atom is 0.305 e. The van der Waals surface area contributed by atoms with Gasteiger partial charge in [-0.3, -0.25) is 4.79 Å². The standard InChI is InChI=1S/C10H16N4O2S/c1-2-16-9(15)4-3-7-17-10-11-12-13-14(10)8-5-6-8/h8H,2-7H2,1H3. The molecule has 1 aromatic heterocycles. The lowest BCUT2D eigenvalue weighted by Crippen LogP contribution is -2.04. The molecule has 0 aromatic carbocycles. The van der Waals surface area contributed by atoms with Crippen molar-refractivity contribution in [3.63, 3.8) is 0 Å². The largest absolute Gasteiger partial charge is 0.466 e. The molecule has 7 heteroatoms. The fourth-order valence-electron chi connectivity index (χ4n) is 1.44. The molecule has 0 unspecified atom stereocenters. The van der Waals surface area contributed by atoms with Gasteiger partial charge in [0.25, 0.3) is 0 Å². The van der Waals surface area contributed by atoms with Gasteiger partial charge in [-0.05, 0) is 36.6 Å². The fourth-order valence-corrected chi connectivity index (χ4v) is 2.33. The summed E-state index contributed by atoms with van der Waals surface area (Å²) in [6, 6.07) is 0.498. The Morgan fingerprint density at radius 3 is 3.12 bits per heavy atom. The quantitative estimate of drug-likeness (QED) is 0.418. The van der Waals surface area contributed by atoms with Crippen molar-refractivity contribution in [3.8, 4) is 0 Å². The molecule has 1 aliphatic carbocycles. The van der Waals surface area contributed by atoms with Gasteiger partial charge in [-0.1, -0.05) is 11.8 Å². The number of aromatic nitrogens is 4. The summed E-state index contributed by atoms with van der Waals surface area (Å²) in [5, 5.41) is 12.5. The van der Waals surface area contributed by atoms with Gasteiger partial charge < -0.3 is 4.74 Å². The number of rotatable bonds is 7. The zero-order chi connectivity index (χ0) is 12.1. The van der Waals surface area contributed by atoms with Crippen molar-refractivity contribution < 1.29 is 9.53 Å². The summed E-state index contributed by atoms with van der Waals surface area (Å²) >= 11 is 1.60. The number of carbonyl (C=O) groups is 1. The average molecular weight is 256 g/mol. The number of hydrogen-bond acceptors (Lipinski definition) is 6. The highest BCUT2D eigenvalue weighted by Crippen LogP contribution is 2.36. The van der Waals surface area contributed by atoms with Crippen LogP contribution in [0.15, 0.2) is 5.16 Å². The number of tetrazole rings is 1. The van der Waals surface area contributed by atoms with Gasteiger partial charge in [0.15, 0.2) is 0 Å². The smallest absolute Gasteiger partial charge is 0.305 e. The lowest BCUT2D eigenvalue weighted by Gasteiger charge is -2.02. The predicted molar refractivity (Wildman–Crippen MR) is 62.7 cm³/mol. The summed E-state index contributed by atoms with van der Waals surface area (Å²) in [4.78, 5) is 11.1. The second kappa shape index (κ2) is 6.00. The first kappa shape index (κ1) is 12.3. The first-order chi connectivity index (χ1) is 8.31. The molecule has 0 saturated heterocycles. The number of ether oxygens (including phenoxy) is 1. The molecule has 0 atom stereocenters.